The van der Waals surface area contributed by atoms with Crippen LogP contribution in [-0.4, -0.2) is 13.3 Å². The lowest BCUT2D eigenvalue weighted by Gasteiger charge is -2.02. The lowest BCUT2D eigenvalue weighted by molar-refractivity contribution is 0.415. The maximum atomic E-state index is 5.07. The van der Waals surface area contributed by atoms with E-state index in [1.54, 1.807) is 13.3 Å². The Morgan fingerprint density at radius 3 is 2.53 bits per heavy atom. The third-order valence-electron chi connectivity index (χ3n) is 1.93. The fourth-order valence-electron chi connectivity index (χ4n) is 1.08. The maximum absolute atomic E-state index is 5.07. The summed E-state index contributed by atoms with van der Waals surface area (Å²) in [5.74, 6) is 0.837. The summed E-state index contributed by atoms with van der Waals surface area (Å²) in [4.78, 5) is 4.19. The molecule has 0 saturated heterocycles. The summed E-state index contributed by atoms with van der Waals surface area (Å²) in [5.41, 5.74) is 1.74. The summed E-state index contributed by atoms with van der Waals surface area (Å²) >= 11 is 0. The first-order chi connectivity index (χ1) is 7.27. The van der Waals surface area contributed by atoms with Gasteiger partial charge in [-0.25, -0.2) is 0 Å². The Morgan fingerprint density at radius 2 is 2.00 bits per heavy atom. The molecule has 0 heterocycles. The SMILES string of the molecule is C=C(N=C/C=C\C)c1ccc(OC)cc1. The number of methoxy groups -OCH3 is 1. The van der Waals surface area contributed by atoms with Crippen molar-refractivity contribution in [1.82, 2.24) is 0 Å². The van der Waals surface area contributed by atoms with Crippen molar-refractivity contribution < 1.29 is 4.74 Å². The predicted octanol–water partition coefficient (Wildman–Crippen LogP) is 3.31. The molecule has 1 rings (SSSR count). The number of rotatable bonds is 4. The zero-order valence-electron chi connectivity index (χ0n) is 9.10. The summed E-state index contributed by atoms with van der Waals surface area (Å²) in [6.07, 6.45) is 5.52. The van der Waals surface area contributed by atoms with E-state index >= 15 is 0 Å². The van der Waals surface area contributed by atoms with Crippen LogP contribution in [-0.2, 0) is 0 Å². The van der Waals surface area contributed by atoms with Gasteiger partial charge in [0.1, 0.15) is 5.75 Å². The molecule has 0 aliphatic heterocycles. The zero-order valence-corrected chi connectivity index (χ0v) is 9.10. The van der Waals surface area contributed by atoms with E-state index in [9.17, 15) is 0 Å². The minimum absolute atomic E-state index is 0.746. The zero-order chi connectivity index (χ0) is 11.1. The Bertz CT molecular complexity index is 374. The Balaban J connectivity index is 2.74. The maximum Gasteiger partial charge on any atom is 0.118 e. The fourth-order valence-corrected chi connectivity index (χ4v) is 1.08. The van der Waals surface area contributed by atoms with Crippen molar-refractivity contribution in [3.63, 3.8) is 0 Å². The number of hydrogen-bond donors (Lipinski definition) is 0. The molecule has 0 fully saturated rings. The standard InChI is InChI=1S/C13H15NO/c1-4-5-10-14-11(2)12-6-8-13(15-3)9-7-12/h4-10H,2H2,1,3H3/b5-4-,14-10?. The van der Waals surface area contributed by atoms with Gasteiger partial charge >= 0.3 is 0 Å². The number of hydrogen-bond acceptors (Lipinski definition) is 2. The number of allylic oxidation sites excluding steroid dienone is 2. The van der Waals surface area contributed by atoms with Crippen LogP contribution < -0.4 is 4.74 Å². The van der Waals surface area contributed by atoms with Crippen molar-refractivity contribution in [3.05, 3.63) is 48.6 Å². The molecular weight excluding hydrogens is 186 g/mol. The number of benzene rings is 1. The first-order valence-electron chi connectivity index (χ1n) is 4.76. The van der Waals surface area contributed by atoms with E-state index in [4.69, 9.17) is 4.74 Å². The molecule has 1 aromatic rings. The molecule has 0 aliphatic carbocycles. The van der Waals surface area contributed by atoms with Crippen LogP contribution >= 0.6 is 0 Å². The third kappa shape index (κ3) is 3.43. The molecule has 78 valence electrons. The minimum Gasteiger partial charge on any atom is -0.497 e. The quantitative estimate of drug-likeness (QED) is 0.685. The Labute approximate surface area is 90.6 Å². The van der Waals surface area contributed by atoms with Gasteiger partial charge < -0.3 is 4.74 Å². The molecule has 0 bridgehead atoms. The molecule has 0 unspecified atom stereocenters. The second kappa shape index (κ2) is 5.81. The minimum atomic E-state index is 0.746. The monoisotopic (exact) mass is 201 g/mol. The summed E-state index contributed by atoms with van der Waals surface area (Å²) in [6.45, 7) is 5.83. The predicted molar refractivity (Wildman–Crippen MR) is 65.3 cm³/mol. The van der Waals surface area contributed by atoms with E-state index in [0.29, 0.717) is 0 Å². The first-order valence-corrected chi connectivity index (χ1v) is 4.76. The highest BCUT2D eigenvalue weighted by Crippen LogP contribution is 2.17. The molecule has 0 aromatic heterocycles. The summed E-state index contributed by atoms with van der Waals surface area (Å²) < 4.78 is 5.07. The van der Waals surface area contributed by atoms with Crippen molar-refractivity contribution in [1.29, 1.82) is 0 Å². The van der Waals surface area contributed by atoms with Crippen LogP contribution in [0.4, 0.5) is 0 Å². The molecule has 1 aromatic carbocycles. The van der Waals surface area contributed by atoms with Gasteiger partial charge in [-0.3, -0.25) is 4.99 Å². The lowest BCUT2D eigenvalue weighted by Crippen LogP contribution is -1.84. The second-order valence-corrected chi connectivity index (χ2v) is 2.98. The van der Waals surface area contributed by atoms with Gasteiger partial charge in [0.15, 0.2) is 0 Å². The smallest absolute Gasteiger partial charge is 0.118 e. The fraction of sp³-hybridized carbons (Fsp3) is 0.154. The summed E-state index contributed by atoms with van der Waals surface area (Å²) in [6, 6.07) is 7.67. The molecule has 0 amide bonds. The van der Waals surface area contributed by atoms with E-state index in [1.807, 2.05) is 43.3 Å². The van der Waals surface area contributed by atoms with Crippen LogP contribution in [0.5, 0.6) is 5.75 Å². The number of ether oxygens (including phenoxy) is 1. The van der Waals surface area contributed by atoms with Crippen molar-refractivity contribution in [3.8, 4) is 5.75 Å². The highest BCUT2D eigenvalue weighted by atomic mass is 16.5. The van der Waals surface area contributed by atoms with Crippen LogP contribution in [0.25, 0.3) is 5.70 Å². The highest BCUT2D eigenvalue weighted by molar-refractivity contribution is 5.79. The van der Waals surface area contributed by atoms with E-state index in [0.717, 1.165) is 17.0 Å². The van der Waals surface area contributed by atoms with E-state index in [-0.39, 0.29) is 0 Å². The molecule has 0 spiro atoms. The average molecular weight is 201 g/mol. The normalized spacial score (nSPS) is 11.1. The number of aliphatic imine (C=N–C) groups is 1. The van der Waals surface area contributed by atoms with Gasteiger partial charge in [-0.1, -0.05) is 12.7 Å². The second-order valence-electron chi connectivity index (χ2n) is 2.98. The highest BCUT2D eigenvalue weighted by Gasteiger charge is 1.96. The molecule has 0 aliphatic rings. The van der Waals surface area contributed by atoms with Gasteiger partial charge in [0.25, 0.3) is 0 Å². The third-order valence-corrected chi connectivity index (χ3v) is 1.93. The van der Waals surface area contributed by atoms with E-state index < -0.39 is 0 Å². The van der Waals surface area contributed by atoms with Crippen LogP contribution in [0.2, 0.25) is 0 Å². The van der Waals surface area contributed by atoms with E-state index in [1.165, 1.54) is 0 Å². The van der Waals surface area contributed by atoms with Gasteiger partial charge in [0.05, 0.1) is 12.8 Å². The van der Waals surface area contributed by atoms with Crippen LogP contribution in [0.3, 0.4) is 0 Å². The van der Waals surface area contributed by atoms with Crippen molar-refractivity contribution in [2.75, 3.05) is 7.11 Å². The van der Waals surface area contributed by atoms with Crippen molar-refractivity contribution in [2.24, 2.45) is 4.99 Å². The van der Waals surface area contributed by atoms with Crippen LogP contribution in [0.1, 0.15) is 12.5 Å². The van der Waals surface area contributed by atoms with Crippen molar-refractivity contribution >= 4 is 11.9 Å². The molecule has 0 saturated carbocycles. The summed E-state index contributed by atoms with van der Waals surface area (Å²) in [5, 5.41) is 0. The molecular formula is C13H15NO. The van der Waals surface area contributed by atoms with Gasteiger partial charge in [-0.05, 0) is 42.8 Å². The summed E-state index contributed by atoms with van der Waals surface area (Å²) in [7, 11) is 1.65. The number of nitrogens with zero attached hydrogens (tertiary/aromatic N) is 1. The van der Waals surface area contributed by atoms with Gasteiger partial charge in [0, 0.05) is 6.21 Å². The molecule has 2 heteroatoms. The molecule has 0 N–H and O–H groups in total. The Kier molecular flexibility index (Phi) is 4.35. The molecule has 0 atom stereocenters. The lowest BCUT2D eigenvalue weighted by atomic mass is 10.2. The van der Waals surface area contributed by atoms with Crippen LogP contribution in [0, 0.1) is 0 Å². The Hall–Kier alpha value is -1.83. The van der Waals surface area contributed by atoms with Gasteiger partial charge in [-0.15, -0.1) is 0 Å². The molecule has 2 nitrogen and oxygen atoms in total. The van der Waals surface area contributed by atoms with E-state index in [2.05, 4.69) is 11.6 Å². The van der Waals surface area contributed by atoms with Gasteiger partial charge in [-0.2, -0.15) is 0 Å². The Morgan fingerprint density at radius 1 is 1.33 bits per heavy atom. The largest absolute Gasteiger partial charge is 0.497 e. The first kappa shape index (κ1) is 11.2. The van der Waals surface area contributed by atoms with Crippen molar-refractivity contribution in [2.45, 2.75) is 6.92 Å². The average Bonchev–Trinajstić information content (AvgIpc) is 2.29. The van der Waals surface area contributed by atoms with Gasteiger partial charge in [0.2, 0.25) is 0 Å². The van der Waals surface area contributed by atoms with Crippen LogP contribution in [0.15, 0.2) is 48.0 Å². The molecule has 0 radical (unpaired) electrons. The topological polar surface area (TPSA) is 21.6 Å². The molecule has 15 heavy (non-hydrogen) atoms.